The van der Waals surface area contributed by atoms with Crippen molar-refractivity contribution in [2.24, 2.45) is 10.9 Å². The van der Waals surface area contributed by atoms with Crippen molar-refractivity contribution >= 4 is 35.2 Å². The third-order valence-corrected chi connectivity index (χ3v) is 5.52. The van der Waals surface area contributed by atoms with Crippen molar-refractivity contribution in [2.75, 3.05) is 24.2 Å². The Morgan fingerprint density at radius 1 is 1.32 bits per heavy atom. The second-order valence-corrected chi connectivity index (χ2v) is 8.20. The van der Waals surface area contributed by atoms with Crippen molar-refractivity contribution in [3.8, 4) is 0 Å². The molecule has 0 saturated heterocycles. The molecule has 1 aromatic heterocycles. The summed E-state index contributed by atoms with van der Waals surface area (Å²) < 4.78 is 39.8. The Hall–Kier alpha value is -3.14. The molecule has 0 fully saturated rings. The first kappa shape index (κ1) is 25.5. The summed E-state index contributed by atoms with van der Waals surface area (Å²) in [4.78, 5) is 27.2. The number of halogens is 4. The maximum atomic E-state index is 13.3. The number of hydrogen-bond donors (Lipinski definition) is 2. The standard InChI is InChI=1S/C23H26ClF3N6O/c1-4-6-29-11-14(2)21(34)33-7-5-19-18(13-33)20(32-22(24)31-19)30-12-15-8-16(23(25,26)27)10-17(9-15)28-3/h4,6,8-11,14,28H,5,7,12-13H2,1-3H3,(H,30,31,32)/b6-4-,29-11?. The van der Waals surface area contributed by atoms with Gasteiger partial charge in [-0.25, -0.2) is 9.97 Å². The molecule has 1 atom stereocenters. The highest BCUT2D eigenvalue weighted by atomic mass is 35.5. The van der Waals surface area contributed by atoms with Crippen molar-refractivity contribution in [1.82, 2.24) is 14.9 Å². The summed E-state index contributed by atoms with van der Waals surface area (Å²) in [6.45, 7) is 4.43. The van der Waals surface area contributed by atoms with E-state index in [1.54, 1.807) is 43.4 Å². The van der Waals surface area contributed by atoms with Crippen LogP contribution in [0.2, 0.25) is 5.28 Å². The van der Waals surface area contributed by atoms with E-state index in [0.717, 1.165) is 12.1 Å². The zero-order chi connectivity index (χ0) is 24.9. The van der Waals surface area contributed by atoms with E-state index >= 15 is 0 Å². The summed E-state index contributed by atoms with van der Waals surface area (Å²) in [5.74, 6) is -0.102. The molecule has 1 aromatic carbocycles. The summed E-state index contributed by atoms with van der Waals surface area (Å²) in [5, 5.41) is 5.87. The van der Waals surface area contributed by atoms with Gasteiger partial charge in [0.05, 0.1) is 23.7 Å². The SMILES string of the molecule is C/C=C\N=CC(C)C(=O)N1CCc2nc(Cl)nc(NCc3cc(NC)cc(C(F)(F)F)c3)c2C1. The van der Waals surface area contributed by atoms with Crippen LogP contribution in [0.15, 0.2) is 35.5 Å². The van der Waals surface area contributed by atoms with Gasteiger partial charge < -0.3 is 15.5 Å². The lowest BCUT2D eigenvalue weighted by atomic mass is 10.0. The van der Waals surface area contributed by atoms with Crippen molar-refractivity contribution in [3.63, 3.8) is 0 Å². The van der Waals surface area contributed by atoms with Crippen molar-refractivity contribution in [3.05, 3.63) is 58.1 Å². The molecule has 0 aliphatic carbocycles. The number of nitrogens with zero attached hydrogens (tertiary/aromatic N) is 4. The van der Waals surface area contributed by atoms with E-state index in [2.05, 4.69) is 25.6 Å². The molecule has 34 heavy (non-hydrogen) atoms. The normalized spacial score (nSPS) is 15.0. The number of hydrogen-bond acceptors (Lipinski definition) is 6. The minimum Gasteiger partial charge on any atom is -0.388 e. The number of carbonyl (C=O) groups is 1. The maximum absolute atomic E-state index is 13.3. The van der Waals surface area contributed by atoms with Crippen LogP contribution in [0.1, 0.15) is 36.2 Å². The highest BCUT2D eigenvalue weighted by Gasteiger charge is 2.31. The molecule has 2 N–H and O–H groups in total. The zero-order valence-corrected chi connectivity index (χ0v) is 19.8. The van der Waals surface area contributed by atoms with Crippen LogP contribution in [0, 0.1) is 5.92 Å². The van der Waals surface area contributed by atoms with Gasteiger partial charge in [-0.2, -0.15) is 13.2 Å². The summed E-state index contributed by atoms with van der Waals surface area (Å²) in [6.07, 6.45) is 0.994. The lowest BCUT2D eigenvalue weighted by Gasteiger charge is -2.30. The van der Waals surface area contributed by atoms with Gasteiger partial charge in [-0.1, -0.05) is 6.08 Å². The smallest absolute Gasteiger partial charge is 0.388 e. The lowest BCUT2D eigenvalue weighted by Crippen LogP contribution is -2.40. The van der Waals surface area contributed by atoms with Crippen LogP contribution >= 0.6 is 11.6 Å². The van der Waals surface area contributed by atoms with Crippen molar-refractivity contribution in [2.45, 2.75) is 39.5 Å². The number of nitrogens with one attached hydrogen (secondary N) is 2. The number of anilines is 2. The number of fused-ring (bicyclic) bond motifs is 1. The molecule has 0 radical (unpaired) electrons. The molecule has 3 rings (SSSR count). The predicted molar refractivity (Wildman–Crippen MR) is 127 cm³/mol. The van der Waals surface area contributed by atoms with E-state index in [0.29, 0.717) is 41.3 Å². The van der Waals surface area contributed by atoms with Gasteiger partial charge >= 0.3 is 6.18 Å². The van der Waals surface area contributed by atoms with Gasteiger partial charge in [0.1, 0.15) is 5.82 Å². The van der Waals surface area contributed by atoms with Gasteiger partial charge in [-0.3, -0.25) is 9.79 Å². The fraction of sp³-hybridized carbons (Fsp3) is 0.391. The van der Waals surface area contributed by atoms with Gasteiger partial charge in [-0.05, 0) is 49.2 Å². The Kier molecular flexibility index (Phi) is 8.14. The van der Waals surface area contributed by atoms with E-state index in [9.17, 15) is 18.0 Å². The molecule has 2 aromatic rings. The third kappa shape index (κ3) is 6.25. The third-order valence-electron chi connectivity index (χ3n) is 5.35. The molecule has 1 aliphatic heterocycles. The number of carbonyl (C=O) groups excluding carboxylic acids is 1. The number of aromatic nitrogens is 2. The summed E-state index contributed by atoms with van der Waals surface area (Å²) in [6, 6.07) is 3.76. The number of benzene rings is 1. The van der Waals surface area contributed by atoms with E-state index in [-0.39, 0.29) is 24.3 Å². The molecule has 1 aliphatic rings. The van der Waals surface area contributed by atoms with Crippen molar-refractivity contribution < 1.29 is 18.0 Å². The molecule has 182 valence electrons. The Balaban J connectivity index is 1.82. The molecule has 1 unspecified atom stereocenters. The number of aliphatic imine (C=N–C) groups is 1. The van der Waals surface area contributed by atoms with E-state index in [1.165, 1.54) is 0 Å². The molecule has 7 nitrogen and oxygen atoms in total. The van der Waals surface area contributed by atoms with Crippen molar-refractivity contribution in [1.29, 1.82) is 0 Å². The fourth-order valence-electron chi connectivity index (χ4n) is 3.62. The van der Waals surface area contributed by atoms with E-state index < -0.39 is 17.7 Å². The summed E-state index contributed by atoms with van der Waals surface area (Å²) in [5.41, 5.74) is 1.42. The predicted octanol–water partition coefficient (Wildman–Crippen LogP) is 4.93. The fourth-order valence-corrected chi connectivity index (χ4v) is 3.81. The second-order valence-electron chi connectivity index (χ2n) is 7.87. The van der Waals surface area contributed by atoms with Gasteiger partial charge in [-0.15, -0.1) is 0 Å². The summed E-state index contributed by atoms with van der Waals surface area (Å²) >= 11 is 6.09. The Bertz CT molecular complexity index is 1100. The highest BCUT2D eigenvalue weighted by Crippen LogP contribution is 2.32. The Morgan fingerprint density at radius 3 is 2.76 bits per heavy atom. The molecular weight excluding hydrogens is 469 g/mol. The van der Waals surface area contributed by atoms with Crippen LogP contribution in [0.25, 0.3) is 0 Å². The van der Waals surface area contributed by atoms with E-state index in [4.69, 9.17) is 11.6 Å². The lowest BCUT2D eigenvalue weighted by molar-refractivity contribution is -0.137. The topological polar surface area (TPSA) is 82.5 Å². The molecule has 11 heteroatoms. The minimum absolute atomic E-state index is 0.0350. The van der Waals surface area contributed by atoms with Crippen LogP contribution in [0.5, 0.6) is 0 Å². The number of alkyl halides is 3. The average Bonchev–Trinajstić information content (AvgIpc) is 2.81. The average molecular weight is 495 g/mol. The first-order valence-electron chi connectivity index (χ1n) is 10.7. The Morgan fingerprint density at radius 2 is 2.09 bits per heavy atom. The number of amides is 1. The van der Waals surface area contributed by atoms with E-state index in [1.807, 2.05) is 6.92 Å². The van der Waals surface area contributed by atoms with Gasteiger partial charge in [0.2, 0.25) is 11.2 Å². The molecular formula is C23H26ClF3N6O. The highest BCUT2D eigenvalue weighted by molar-refractivity contribution is 6.28. The number of allylic oxidation sites excluding steroid dienone is 1. The largest absolute Gasteiger partial charge is 0.416 e. The first-order valence-corrected chi connectivity index (χ1v) is 11.1. The molecule has 0 spiro atoms. The van der Waals surface area contributed by atoms with Crippen LogP contribution < -0.4 is 10.6 Å². The first-order chi connectivity index (χ1) is 16.1. The minimum atomic E-state index is -4.47. The quantitative estimate of drug-likeness (QED) is 0.421. The van der Waals surface area contributed by atoms with Gasteiger partial charge in [0, 0.05) is 50.2 Å². The van der Waals surface area contributed by atoms with Crippen LogP contribution in [0.3, 0.4) is 0 Å². The molecule has 0 saturated carbocycles. The molecule has 1 amide bonds. The maximum Gasteiger partial charge on any atom is 0.416 e. The molecule has 2 heterocycles. The second kappa shape index (κ2) is 10.9. The molecule has 0 bridgehead atoms. The van der Waals surface area contributed by atoms with Crippen LogP contribution in [-0.4, -0.2) is 40.6 Å². The Labute approximate surface area is 201 Å². The van der Waals surface area contributed by atoms with Crippen LogP contribution in [0.4, 0.5) is 24.7 Å². The monoisotopic (exact) mass is 494 g/mol. The van der Waals surface area contributed by atoms with Gasteiger partial charge in [0.25, 0.3) is 0 Å². The zero-order valence-electron chi connectivity index (χ0n) is 19.1. The summed E-state index contributed by atoms with van der Waals surface area (Å²) in [7, 11) is 1.56. The van der Waals surface area contributed by atoms with Crippen LogP contribution in [-0.2, 0) is 30.5 Å². The number of rotatable bonds is 7. The van der Waals surface area contributed by atoms with Gasteiger partial charge in [0.15, 0.2) is 0 Å².